The highest BCUT2D eigenvalue weighted by molar-refractivity contribution is 5.81. The van der Waals surface area contributed by atoms with Crippen molar-refractivity contribution in [2.75, 3.05) is 0 Å². The van der Waals surface area contributed by atoms with Crippen LogP contribution in [0.2, 0.25) is 0 Å². The van der Waals surface area contributed by atoms with Crippen LogP contribution in [0.25, 0.3) is 0 Å². The molecule has 4 N–H and O–H groups in total. The van der Waals surface area contributed by atoms with Crippen LogP contribution in [0, 0.1) is 0 Å². The van der Waals surface area contributed by atoms with Crippen LogP contribution in [-0.4, -0.2) is 5.91 Å². The first-order valence-electron chi connectivity index (χ1n) is 4.29. The Kier molecular flexibility index (Phi) is 3.03. The number of hydrogen-bond acceptors (Lipinski definition) is 2. The molecule has 0 spiro atoms. The van der Waals surface area contributed by atoms with E-state index in [-0.39, 0.29) is 0 Å². The van der Waals surface area contributed by atoms with Gasteiger partial charge in [-0.3, -0.25) is 4.79 Å². The Morgan fingerprint density at radius 1 is 1.38 bits per heavy atom. The number of benzene rings is 1. The molecule has 0 saturated heterocycles. The number of carbonyl (C=O) groups is 1. The van der Waals surface area contributed by atoms with Crippen LogP contribution in [0.1, 0.15) is 24.1 Å². The van der Waals surface area contributed by atoms with Gasteiger partial charge in [0.15, 0.2) is 0 Å². The number of primary amides is 1. The lowest BCUT2D eigenvalue weighted by atomic mass is 10.0. The SMILES string of the molecule is CCc1ccc(C(N)C(N)=O)cc1. The van der Waals surface area contributed by atoms with Crippen molar-refractivity contribution in [1.29, 1.82) is 0 Å². The van der Waals surface area contributed by atoms with Gasteiger partial charge in [-0.05, 0) is 17.5 Å². The molecule has 0 aliphatic carbocycles. The van der Waals surface area contributed by atoms with Crippen molar-refractivity contribution >= 4 is 5.91 Å². The Bertz CT molecular complexity index is 292. The van der Waals surface area contributed by atoms with E-state index in [2.05, 4.69) is 6.92 Å². The molecule has 1 amide bonds. The molecule has 1 atom stereocenters. The molecule has 1 aromatic rings. The Balaban J connectivity index is 2.85. The van der Waals surface area contributed by atoms with Gasteiger partial charge in [0.1, 0.15) is 6.04 Å². The van der Waals surface area contributed by atoms with Gasteiger partial charge in [-0.2, -0.15) is 0 Å². The van der Waals surface area contributed by atoms with Crippen LogP contribution in [0.4, 0.5) is 0 Å². The molecule has 1 unspecified atom stereocenters. The summed E-state index contributed by atoms with van der Waals surface area (Å²) in [6, 6.07) is 6.91. The van der Waals surface area contributed by atoms with Gasteiger partial charge in [-0.1, -0.05) is 31.2 Å². The van der Waals surface area contributed by atoms with Gasteiger partial charge in [-0.15, -0.1) is 0 Å². The van der Waals surface area contributed by atoms with Crippen molar-refractivity contribution in [3.8, 4) is 0 Å². The van der Waals surface area contributed by atoms with Gasteiger partial charge in [0.25, 0.3) is 0 Å². The van der Waals surface area contributed by atoms with Crippen molar-refractivity contribution in [3.05, 3.63) is 35.4 Å². The summed E-state index contributed by atoms with van der Waals surface area (Å²) in [5, 5.41) is 0. The van der Waals surface area contributed by atoms with Crippen molar-refractivity contribution < 1.29 is 4.79 Å². The fourth-order valence-corrected chi connectivity index (χ4v) is 1.12. The average Bonchev–Trinajstić information content (AvgIpc) is 2.17. The molecule has 3 nitrogen and oxygen atoms in total. The predicted molar refractivity (Wildman–Crippen MR) is 51.9 cm³/mol. The summed E-state index contributed by atoms with van der Waals surface area (Å²) in [6.07, 6.45) is 0.978. The topological polar surface area (TPSA) is 69.1 Å². The summed E-state index contributed by atoms with van der Waals surface area (Å²) >= 11 is 0. The number of rotatable bonds is 3. The largest absolute Gasteiger partial charge is 0.368 e. The minimum atomic E-state index is -0.689. The average molecular weight is 178 g/mol. The highest BCUT2D eigenvalue weighted by Gasteiger charge is 2.10. The van der Waals surface area contributed by atoms with Crippen LogP contribution >= 0.6 is 0 Å². The van der Waals surface area contributed by atoms with E-state index in [9.17, 15) is 4.79 Å². The molecule has 0 heterocycles. The zero-order valence-corrected chi connectivity index (χ0v) is 7.66. The maximum absolute atomic E-state index is 10.8. The Morgan fingerprint density at radius 2 is 1.92 bits per heavy atom. The zero-order valence-electron chi connectivity index (χ0n) is 7.66. The number of nitrogens with two attached hydrogens (primary N) is 2. The molecule has 0 bridgehead atoms. The van der Waals surface area contributed by atoms with Gasteiger partial charge in [-0.25, -0.2) is 0 Å². The molecular formula is C10H14N2O. The summed E-state index contributed by atoms with van der Waals surface area (Å²) in [5.74, 6) is -0.496. The quantitative estimate of drug-likeness (QED) is 0.716. The molecule has 3 heteroatoms. The molecule has 70 valence electrons. The van der Waals surface area contributed by atoms with Crippen molar-refractivity contribution in [1.82, 2.24) is 0 Å². The second kappa shape index (κ2) is 4.05. The second-order valence-corrected chi connectivity index (χ2v) is 2.98. The van der Waals surface area contributed by atoms with Gasteiger partial charge in [0.05, 0.1) is 0 Å². The van der Waals surface area contributed by atoms with Crippen molar-refractivity contribution in [2.45, 2.75) is 19.4 Å². The third-order valence-corrected chi connectivity index (χ3v) is 2.05. The summed E-state index contributed by atoms with van der Waals surface area (Å²) in [5.41, 5.74) is 12.6. The summed E-state index contributed by atoms with van der Waals surface area (Å²) in [6.45, 7) is 2.07. The molecule has 0 radical (unpaired) electrons. The van der Waals surface area contributed by atoms with E-state index in [1.165, 1.54) is 5.56 Å². The number of hydrogen-bond donors (Lipinski definition) is 2. The van der Waals surface area contributed by atoms with E-state index in [4.69, 9.17) is 11.5 Å². The van der Waals surface area contributed by atoms with Gasteiger partial charge in [0.2, 0.25) is 5.91 Å². The molecule has 0 saturated carbocycles. The first-order valence-corrected chi connectivity index (χ1v) is 4.29. The first-order chi connectivity index (χ1) is 6.15. The number of amides is 1. The minimum Gasteiger partial charge on any atom is -0.368 e. The van der Waals surface area contributed by atoms with E-state index >= 15 is 0 Å². The molecular weight excluding hydrogens is 164 g/mol. The Labute approximate surface area is 77.7 Å². The van der Waals surface area contributed by atoms with Crippen LogP contribution in [-0.2, 0) is 11.2 Å². The maximum Gasteiger partial charge on any atom is 0.238 e. The number of aryl methyl sites for hydroxylation is 1. The van der Waals surface area contributed by atoms with Crippen LogP contribution in [0.3, 0.4) is 0 Å². The van der Waals surface area contributed by atoms with Crippen molar-refractivity contribution in [2.24, 2.45) is 11.5 Å². The predicted octanol–water partition coefficient (Wildman–Crippen LogP) is 0.734. The van der Waals surface area contributed by atoms with E-state index < -0.39 is 11.9 Å². The molecule has 1 rings (SSSR count). The minimum absolute atomic E-state index is 0.496. The fourth-order valence-electron chi connectivity index (χ4n) is 1.12. The molecule has 1 aromatic carbocycles. The Morgan fingerprint density at radius 3 is 2.31 bits per heavy atom. The highest BCUT2D eigenvalue weighted by Crippen LogP contribution is 2.11. The summed E-state index contributed by atoms with van der Waals surface area (Å²) in [4.78, 5) is 10.8. The van der Waals surface area contributed by atoms with Gasteiger partial charge >= 0.3 is 0 Å². The first kappa shape index (κ1) is 9.74. The Hall–Kier alpha value is -1.35. The number of carbonyl (C=O) groups excluding carboxylic acids is 1. The molecule has 13 heavy (non-hydrogen) atoms. The monoisotopic (exact) mass is 178 g/mol. The fraction of sp³-hybridized carbons (Fsp3) is 0.300. The van der Waals surface area contributed by atoms with E-state index in [1.807, 2.05) is 24.3 Å². The second-order valence-electron chi connectivity index (χ2n) is 2.98. The van der Waals surface area contributed by atoms with Crippen molar-refractivity contribution in [3.63, 3.8) is 0 Å². The summed E-state index contributed by atoms with van der Waals surface area (Å²) in [7, 11) is 0. The molecule has 0 aliphatic heterocycles. The van der Waals surface area contributed by atoms with Crippen LogP contribution < -0.4 is 11.5 Å². The van der Waals surface area contributed by atoms with Gasteiger partial charge in [0, 0.05) is 0 Å². The van der Waals surface area contributed by atoms with Crippen LogP contribution in [0.5, 0.6) is 0 Å². The third kappa shape index (κ3) is 2.29. The van der Waals surface area contributed by atoms with Crippen LogP contribution in [0.15, 0.2) is 24.3 Å². The third-order valence-electron chi connectivity index (χ3n) is 2.05. The van der Waals surface area contributed by atoms with E-state index in [0.29, 0.717) is 0 Å². The zero-order chi connectivity index (χ0) is 9.84. The van der Waals surface area contributed by atoms with Gasteiger partial charge < -0.3 is 11.5 Å². The lowest BCUT2D eigenvalue weighted by molar-refractivity contribution is -0.119. The highest BCUT2D eigenvalue weighted by atomic mass is 16.1. The maximum atomic E-state index is 10.8. The molecule has 0 aromatic heterocycles. The lowest BCUT2D eigenvalue weighted by Crippen LogP contribution is -2.28. The standard InChI is InChI=1S/C10H14N2O/c1-2-7-3-5-8(6-4-7)9(11)10(12)13/h3-6,9H,2,11H2,1H3,(H2,12,13). The summed E-state index contributed by atoms with van der Waals surface area (Å²) < 4.78 is 0. The van der Waals surface area contributed by atoms with E-state index in [1.54, 1.807) is 0 Å². The smallest absolute Gasteiger partial charge is 0.238 e. The van der Waals surface area contributed by atoms with E-state index in [0.717, 1.165) is 12.0 Å². The lowest BCUT2D eigenvalue weighted by Gasteiger charge is -2.07. The molecule has 0 fully saturated rings. The normalized spacial score (nSPS) is 12.5. The molecule has 0 aliphatic rings.